The molecule has 1 heterocycles. The van der Waals surface area contributed by atoms with Crippen molar-refractivity contribution in [3.63, 3.8) is 0 Å². The monoisotopic (exact) mass is 254 g/mol. The number of hydrogen-bond donors (Lipinski definition) is 1. The lowest BCUT2D eigenvalue weighted by molar-refractivity contribution is -0.137. The average molecular weight is 254 g/mol. The van der Waals surface area contributed by atoms with Gasteiger partial charge in [-0.25, -0.2) is 4.98 Å². The van der Waals surface area contributed by atoms with Crippen LogP contribution in [0.5, 0.6) is 0 Å². The molecule has 0 saturated carbocycles. The number of methoxy groups -OCH3 is 1. The maximum Gasteiger partial charge on any atom is 0.443 e. The molecule has 7 heteroatoms. The molecule has 0 aromatic carbocycles. The topological polar surface area (TPSA) is 48.1 Å². The zero-order valence-electron chi connectivity index (χ0n) is 8.91. The van der Waals surface area contributed by atoms with E-state index in [0.717, 1.165) is 0 Å². The predicted molar refractivity (Wildman–Crippen MR) is 55.1 cm³/mol. The van der Waals surface area contributed by atoms with Gasteiger partial charge in [0.1, 0.15) is 0 Å². The molecule has 0 fully saturated rings. The second-order valence-electron chi connectivity index (χ2n) is 3.27. The lowest BCUT2D eigenvalue weighted by atomic mass is 10.1. The van der Waals surface area contributed by atoms with Gasteiger partial charge in [-0.3, -0.25) is 0 Å². The molecule has 0 saturated heterocycles. The van der Waals surface area contributed by atoms with Crippen molar-refractivity contribution in [2.75, 3.05) is 7.11 Å². The van der Waals surface area contributed by atoms with E-state index >= 15 is 0 Å². The van der Waals surface area contributed by atoms with Gasteiger partial charge in [-0.1, -0.05) is 6.92 Å². The van der Waals surface area contributed by atoms with E-state index in [9.17, 15) is 13.2 Å². The Morgan fingerprint density at radius 2 is 2.19 bits per heavy atom. The summed E-state index contributed by atoms with van der Waals surface area (Å²) in [5.41, 5.74) is 5.79. The Labute approximate surface area is 95.4 Å². The highest BCUT2D eigenvalue weighted by atomic mass is 32.1. The van der Waals surface area contributed by atoms with Gasteiger partial charge in [0.15, 0.2) is 5.01 Å². The number of nitrogens with zero attached hydrogens (tertiary/aromatic N) is 1. The molecule has 2 N–H and O–H groups in total. The van der Waals surface area contributed by atoms with Gasteiger partial charge in [0.2, 0.25) is 0 Å². The molecule has 16 heavy (non-hydrogen) atoms. The average Bonchev–Trinajstić information content (AvgIpc) is 2.67. The number of halogens is 3. The van der Waals surface area contributed by atoms with Crippen molar-refractivity contribution in [3.8, 4) is 0 Å². The summed E-state index contributed by atoms with van der Waals surface area (Å²) in [5.74, 6) is 0. The highest BCUT2D eigenvalue weighted by Gasteiger charge is 2.35. The summed E-state index contributed by atoms with van der Waals surface area (Å²) < 4.78 is 42.0. The highest BCUT2D eigenvalue weighted by molar-refractivity contribution is 7.11. The molecule has 0 amide bonds. The molecule has 3 nitrogen and oxygen atoms in total. The maximum absolute atomic E-state index is 12.3. The van der Waals surface area contributed by atoms with Crippen molar-refractivity contribution in [3.05, 3.63) is 16.1 Å². The van der Waals surface area contributed by atoms with Gasteiger partial charge in [-0.15, -0.1) is 11.3 Å². The van der Waals surface area contributed by atoms with E-state index in [1.165, 1.54) is 13.3 Å². The molecular formula is C9H13F3N2OS. The summed E-state index contributed by atoms with van der Waals surface area (Å²) in [6.45, 7) is 1.86. The summed E-state index contributed by atoms with van der Waals surface area (Å²) in [7, 11) is 1.49. The van der Waals surface area contributed by atoms with Crippen LogP contribution in [-0.2, 0) is 10.9 Å². The Balaban J connectivity index is 2.85. The van der Waals surface area contributed by atoms with Gasteiger partial charge in [0.05, 0.1) is 12.1 Å². The van der Waals surface area contributed by atoms with E-state index in [4.69, 9.17) is 10.5 Å². The fourth-order valence-electron chi connectivity index (χ4n) is 1.32. The van der Waals surface area contributed by atoms with Crippen LogP contribution in [0.15, 0.2) is 6.20 Å². The molecule has 0 radical (unpaired) electrons. The number of hydrogen-bond acceptors (Lipinski definition) is 4. The summed E-state index contributed by atoms with van der Waals surface area (Å²) in [5, 5.41) is -0.871. The van der Waals surface area contributed by atoms with Crippen LogP contribution in [0, 0.1) is 0 Å². The first-order valence-corrected chi connectivity index (χ1v) is 5.53. The van der Waals surface area contributed by atoms with E-state index in [-0.39, 0.29) is 6.10 Å². The molecule has 92 valence electrons. The van der Waals surface area contributed by atoms with Crippen molar-refractivity contribution in [2.45, 2.75) is 31.7 Å². The minimum absolute atomic E-state index is 0.290. The second-order valence-corrected chi connectivity index (χ2v) is 4.34. The summed E-state index contributed by atoms with van der Waals surface area (Å²) in [4.78, 5) is 3.71. The molecule has 0 aliphatic rings. The van der Waals surface area contributed by atoms with Crippen molar-refractivity contribution in [2.24, 2.45) is 5.73 Å². The molecule has 1 aromatic heterocycles. The van der Waals surface area contributed by atoms with E-state index in [1.807, 2.05) is 6.92 Å². The second kappa shape index (κ2) is 5.11. The molecule has 2 unspecified atom stereocenters. The van der Waals surface area contributed by atoms with Crippen molar-refractivity contribution in [1.82, 2.24) is 4.98 Å². The van der Waals surface area contributed by atoms with E-state index in [2.05, 4.69) is 4.98 Å². The van der Waals surface area contributed by atoms with Crippen LogP contribution in [0.4, 0.5) is 13.2 Å². The Hall–Kier alpha value is -0.660. The minimum Gasteiger partial charge on any atom is -0.379 e. The smallest absolute Gasteiger partial charge is 0.379 e. The van der Waals surface area contributed by atoms with E-state index in [0.29, 0.717) is 22.6 Å². The Morgan fingerprint density at radius 3 is 2.56 bits per heavy atom. The van der Waals surface area contributed by atoms with Gasteiger partial charge in [0.25, 0.3) is 0 Å². The van der Waals surface area contributed by atoms with Crippen LogP contribution in [0.25, 0.3) is 0 Å². The SMILES string of the molecule is CCC(OC)C(N)c1cnc(C(F)(F)F)s1. The zero-order valence-corrected chi connectivity index (χ0v) is 9.73. The molecule has 2 atom stereocenters. The van der Waals surface area contributed by atoms with Crippen molar-refractivity contribution >= 4 is 11.3 Å². The third-order valence-corrected chi connectivity index (χ3v) is 3.34. The Morgan fingerprint density at radius 1 is 1.56 bits per heavy atom. The predicted octanol–water partition coefficient (Wildman–Crippen LogP) is 2.59. The summed E-state index contributed by atoms with van der Waals surface area (Å²) in [6, 6.07) is -0.566. The third-order valence-electron chi connectivity index (χ3n) is 2.20. The standard InChI is InChI=1S/C9H13F3N2OS/c1-3-5(15-2)7(13)6-4-14-8(16-6)9(10,11)12/h4-5,7H,3,13H2,1-2H3. The fourth-order valence-corrected chi connectivity index (χ4v) is 2.16. The van der Waals surface area contributed by atoms with Gasteiger partial charge in [-0.2, -0.15) is 13.2 Å². The van der Waals surface area contributed by atoms with Crippen LogP contribution < -0.4 is 5.73 Å². The van der Waals surface area contributed by atoms with Crippen molar-refractivity contribution < 1.29 is 17.9 Å². The lowest BCUT2D eigenvalue weighted by Gasteiger charge is -2.19. The number of ether oxygens (including phenoxy) is 1. The fraction of sp³-hybridized carbons (Fsp3) is 0.667. The number of thiazole rings is 1. The van der Waals surface area contributed by atoms with Crippen LogP contribution in [0.1, 0.15) is 29.3 Å². The normalized spacial score (nSPS) is 16.1. The quantitative estimate of drug-likeness (QED) is 0.898. The largest absolute Gasteiger partial charge is 0.443 e. The van der Waals surface area contributed by atoms with Gasteiger partial charge in [0, 0.05) is 18.2 Å². The first-order valence-electron chi connectivity index (χ1n) is 4.71. The molecule has 1 rings (SSSR count). The summed E-state index contributed by atoms with van der Waals surface area (Å²) >= 11 is 0.566. The minimum atomic E-state index is -4.41. The molecular weight excluding hydrogens is 241 g/mol. The van der Waals surface area contributed by atoms with Gasteiger partial charge in [-0.05, 0) is 6.42 Å². The summed E-state index contributed by atoms with van der Waals surface area (Å²) in [6.07, 6.45) is -2.89. The highest BCUT2D eigenvalue weighted by Crippen LogP contribution is 2.34. The first-order chi connectivity index (χ1) is 7.40. The molecule has 0 aliphatic heterocycles. The number of rotatable bonds is 4. The molecule has 0 bridgehead atoms. The van der Waals surface area contributed by atoms with Crippen LogP contribution in [-0.4, -0.2) is 18.2 Å². The van der Waals surface area contributed by atoms with Crippen molar-refractivity contribution in [1.29, 1.82) is 0 Å². The van der Waals surface area contributed by atoms with Crippen LogP contribution >= 0.6 is 11.3 Å². The first kappa shape index (κ1) is 13.4. The van der Waals surface area contributed by atoms with E-state index in [1.54, 1.807) is 0 Å². The number of alkyl halides is 3. The Kier molecular flexibility index (Phi) is 4.28. The Bertz CT molecular complexity index is 336. The maximum atomic E-state index is 12.3. The lowest BCUT2D eigenvalue weighted by Crippen LogP contribution is -2.26. The van der Waals surface area contributed by atoms with Gasteiger partial charge < -0.3 is 10.5 Å². The molecule has 0 aliphatic carbocycles. The molecule has 0 spiro atoms. The van der Waals surface area contributed by atoms with Gasteiger partial charge >= 0.3 is 6.18 Å². The van der Waals surface area contributed by atoms with Crippen LogP contribution in [0.3, 0.4) is 0 Å². The van der Waals surface area contributed by atoms with Crippen LogP contribution in [0.2, 0.25) is 0 Å². The zero-order chi connectivity index (χ0) is 12.3. The number of nitrogens with two attached hydrogens (primary N) is 1. The third kappa shape index (κ3) is 2.93. The number of aromatic nitrogens is 1. The molecule has 1 aromatic rings. The van der Waals surface area contributed by atoms with E-state index < -0.39 is 17.2 Å².